The number of nitrogens with one attached hydrogen (secondary N) is 1. The van der Waals surface area contributed by atoms with E-state index in [1.165, 1.54) is 6.21 Å². The lowest BCUT2D eigenvalue weighted by Crippen LogP contribution is -1.99. The molecule has 0 spiro atoms. The van der Waals surface area contributed by atoms with Gasteiger partial charge in [-0.05, 0) is 36.8 Å². The second-order valence-corrected chi connectivity index (χ2v) is 3.29. The molecule has 13 heavy (non-hydrogen) atoms. The topological polar surface area (TPSA) is 44.1 Å². The van der Waals surface area contributed by atoms with E-state index in [0.29, 0.717) is 6.42 Å². The monoisotopic (exact) mass is 177 g/mol. The van der Waals surface area contributed by atoms with Crippen molar-refractivity contribution < 1.29 is 5.11 Å². The first-order valence-electron chi connectivity index (χ1n) is 4.37. The second kappa shape index (κ2) is 4.19. The molecular weight excluding hydrogens is 162 g/mol. The predicted molar refractivity (Wildman–Crippen MR) is 54.3 cm³/mol. The van der Waals surface area contributed by atoms with Crippen LogP contribution in [0.1, 0.15) is 22.3 Å². The van der Waals surface area contributed by atoms with Gasteiger partial charge in [-0.25, -0.2) is 0 Å². The van der Waals surface area contributed by atoms with Crippen LogP contribution in [0, 0.1) is 19.3 Å². The average molecular weight is 177 g/mol. The van der Waals surface area contributed by atoms with Gasteiger partial charge in [-0.15, -0.1) is 0 Å². The summed E-state index contributed by atoms with van der Waals surface area (Å²) in [6.07, 6.45) is 1.98. The van der Waals surface area contributed by atoms with Gasteiger partial charge in [0.2, 0.25) is 0 Å². The number of aliphatic hydroxyl groups excluding tert-OH is 1. The van der Waals surface area contributed by atoms with Gasteiger partial charge < -0.3 is 10.5 Å². The molecule has 2 nitrogen and oxygen atoms in total. The lowest BCUT2D eigenvalue weighted by Gasteiger charge is -2.10. The summed E-state index contributed by atoms with van der Waals surface area (Å²) in [5.74, 6) is 0. The van der Waals surface area contributed by atoms with Crippen LogP contribution in [0.15, 0.2) is 12.1 Å². The van der Waals surface area contributed by atoms with Crippen molar-refractivity contribution in [3.8, 4) is 0 Å². The Morgan fingerprint density at radius 3 is 2.62 bits per heavy atom. The van der Waals surface area contributed by atoms with Crippen LogP contribution in [0.4, 0.5) is 0 Å². The third-order valence-corrected chi connectivity index (χ3v) is 2.19. The normalized spacial score (nSPS) is 10.1. The van der Waals surface area contributed by atoms with Gasteiger partial charge >= 0.3 is 0 Å². The summed E-state index contributed by atoms with van der Waals surface area (Å²) in [5.41, 5.74) is 4.35. The highest BCUT2D eigenvalue weighted by Crippen LogP contribution is 2.17. The molecule has 0 radical (unpaired) electrons. The zero-order valence-electron chi connectivity index (χ0n) is 8.09. The molecule has 0 saturated carbocycles. The summed E-state index contributed by atoms with van der Waals surface area (Å²) in [5, 5.41) is 16.2. The molecule has 0 atom stereocenters. The van der Waals surface area contributed by atoms with Crippen molar-refractivity contribution in [2.45, 2.75) is 26.9 Å². The van der Waals surface area contributed by atoms with E-state index in [9.17, 15) is 0 Å². The molecule has 0 bridgehead atoms. The van der Waals surface area contributed by atoms with Gasteiger partial charge in [0.15, 0.2) is 0 Å². The number of hydrogen-bond acceptors (Lipinski definition) is 2. The van der Waals surface area contributed by atoms with Crippen LogP contribution in [0.25, 0.3) is 0 Å². The van der Waals surface area contributed by atoms with Crippen LogP contribution in [0.2, 0.25) is 0 Å². The van der Waals surface area contributed by atoms with Gasteiger partial charge in [0, 0.05) is 6.42 Å². The number of aryl methyl sites for hydroxylation is 2. The number of benzene rings is 1. The van der Waals surface area contributed by atoms with E-state index in [4.69, 9.17) is 10.5 Å². The largest absolute Gasteiger partial charge is 0.392 e. The van der Waals surface area contributed by atoms with Crippen molar-refractivity contribution in [1.29, 1.82) is 5.41 Å². The van der Waals surface area contributed by atoms with Crippen molar-refractivity contribution in [3.05, 3.63) is 34.4 Å². The highest BCUT2D eigenvalue weighted by atomic mass is 16.3. The van der Waals surface area contributed by atoms with Gasteiger partial charge in [-0.1, -0.05) is 17.7 Å². The first-order valence-corrected chi connectivity index (χ1v) is 4.37. The maximum atomic E-state index is 9.12. The Bertz CT molecular complexity index is 318. The van der Waals surface area contributed by atoms with E-state index < -0.39 is 0 Å². The van der Waals surface area contributed by atoms with Crippen molar-refractivity contribution in [2.75, 3.05) is 0 Å². The summed E-state index contributed by atoms with van der Waals surface area (Å²) in [7, 11) is 0. The molecule has 2 N–H and O–H groups in total. The van der Waals surface area contributed by atoms with E-state index in [2.05, 4.69) is 6.07 Å². The maximum absolute atomic E-state index is 9.12. The molecule has 0 aliphatic heterocycles. The molecule has 0 amide bonds. The molecule has 70 valence electrons. The molecule has 0 heterocycles. The Hall–Kier alpha value is -1.15. The van der Waals surface area contributed by atoms with E-state index in [0.717, 1.165) is 22.3 Å². The SMILES string of the molecule is Cc1cc(C)c(CC=N)c(CO)c1. The molecule has 0 saturated heterocycles. The second-order valence-electron chi connectivity index (χ2n) is 3.29. The lowest BCUT2D eigenvalue weighted by molar-refractivity contribution is 0.280. The molecule has 0 aliphatic rings. The van der Waals surface area contributed by atoms with Gasteiger partial charge in [-0.2, -0.15) is 0 Å². The first kappa shape index (κ1) is 9.93. The highest BCUT2D eigenvalue weighted by Gasteiger charge is 2.04. The smallest absolute Gasteiger partial charge is 0.0684 e. The molecule has 0 fully saturated rings. The van der Waals surface area contributed by atoms with Gasteiger partial charge in [-0.3, -0.25) is 0 Å². The Labute approximate surface area is 78.7 Å². The van der Waals surface area contributed by atoms with E-state index in [1.54, 1.807) is 0 Å². The fourth-order valence-electron chi connectivity index (χ4n) is 1.62. The van der Waals surface area contributed by atoms with Crippen LogP contribution in [-0.4, -0.2) is 11.3 Å². The minimum Gasteiger partial charge on any atom is -0.392 e. The number of hydrogen-bond donors (Lipinski definition) is 2. The molecule has 1 rings (SSSR count). The molecule has 1 aromatic carbocycles. The molecule has 1 aromatic rings. The van der Waals surface area contributed by atoms with Crippen LogP contribution >= 0.6 is 0 Å². The summed E-state index contributed by atoms with van der Waals surface area (Å²) < 4.78 is 0. The van der Waals surface area contributed by atoms with Gasteiger partial charge in [0.05, 0.1) is 6.61 Å². The minimum atomic E-state index is 0.0612. The molecule has 0 unspecified atom stereocenters. The molecule has 0 aromatic heterocycles. The molecule has 0 aliphatic carbocycles. The Morgan fingerprint density at radius 2 is 2.08 bits per heavy atom. The van der Waals surface area contributed by atoms with E-state index in [1.807, 2.05) is 19.9 Å². The van der Waals surface area contributed by atoms with Crippen LogP contribution in [0.3, 0.4) is 0 Å². The third-order valence-electron chi connectivity index (χ3n) is 2.19. The van der Waals surface area contributed by atoms with Gasteiger partial charge in [0.1, 0.15) is 0 Å². The van der Waals surface area contributed by atoms with Crippen LogP contribution in [0.5, 0.6) is 0 Å². The summed E-state index contributed by atoms with van der Waals surface area (Å²) in [4.78, 5) is 0. The Morgan fingerprint density at radius 1 is 1.38 bits per heavy atom. The number of rotatable bonds is 3. The quantitative estimate of drug-likeness (QED) is 0.681. The van der Waals surface area contributed by atoms with Crippen molar-refractivity contribution in [3.63, 3.8) is 0 Å². The average Bonchev–Trinajstić information content (AvgIpc) is 2.09. The van der Waals surface area contributed by atoms with Crippen molar-refractivity contribution in [1.82, 2.24) is 0 Å². The Balaban J connectivity index is 3.20. The Kier molecular flexibility index (Phi) is 3.20. The molecule has 2 heteroatoms. The standard InChI is InChI=1S/C11H15NO/c1-8-5-9(2)11(3-4-12)10(6-8)7-13/h4-6,12-13H,3,7H2,1-2H3. The lowest BCUT2D eigenvalue weighted by atomic mass is 9.97. The molecular formula is C11H15NO. The summed E-state index contributed by atoms with van der Waals surface area (Å²) in [6.45, 7) is 4.09. The van der Waals surface area contributed by atoms with E-state index in [-0.39, 0.29) is 6.61 Å². The highest BCUT2D eigenvalue weighted by molar-refractivity contribution is 5.60. The minimum absolute atomic E-state index is 0.0612. The first-order chi connectivity index (χ1) is 6.19. The van der Waals surface area contributed by atoms with Crippen LogP contribution in [-0.2, 0) is 13.0 Å². The van der Waals surface area contributed by atoms with Gasteiger partial charge in [0.25, 0.3) is 0 Å². The van der Waals surface area contributed by atoms with E-state index >= 15 is 0 Å². The summed E-state index contributed by atoms with van der Waals surface area (Å²) >= 11 is 0. The fourth-order valence-corrected chi connectivity index (χ4v) is 1.62. The fraction of sp³-hybridized carbons (Fsp3) is 0.364. The maximum Gasteiger partial charge on any atom is 0.0684 e. The van der Waals surface area contributed by atoms with Crippen molar-refractivity contribution in [2.24, 2.45) is 0 Å². The zero-order chi connectivity index (χ0) is 9.84. The van der Waals surface area contributed by atoms with Crippen molar-refractivity contribution >= 4 is 6.21 Å². The summed E-state index contributed by atoms with van der Waals surface area (Å²) in [6, 6.07) is 4.06. The predicted octanol–water partition coefficient (Wildman–Crippen LogP) is 1.99. The third kappa shape index (κ3) is 2.16. The zero-order valence-corrected chi connectivity index (χ0v) is 8.09. The van der Waals surface area contributed by atoms with Crippen LogP contribution < -0.4 is 0 Å². The number of aliphatic hydroxyl groups is 1.